The zero-order valence-electron chi connectivity index (χ0n) is 24.5. The molecule has 2 fully saturated rings. The number of carbonyl (C=O) groups is 1. The molecule has 0 saturated carbocycles. The van der Waals surface area contributed by atoms with E-state index in [0.29, 0.717) is 12.0 Å². The summed E-state index contributed by atoms with van der Waals surface area (Å²) >= 11 is 0. The molecule has 6 heteroatoms. The van der Waals surface area contributed by atoms with Gasteiger partial charge in [0.15, 0.2) is 0 Å². The molecule has 1 N–H and O–H groups in total. The topological polar surface area (TPSA) is 62.2 Å². The number of fused-ring (bicyclic) bond motifs is 1. The first-order chi connectivity index (χ1) is 19.7. The number of anilines is 1. The highest BCUT2D eigenvalue weighted by Crippen LogP contribution is 2.47. The molecular formula is C35H42N2O4. The van der Waals surface area contributed by atoms with Crippen molar-refractivity contribution in [1.82, 2.24) is 4.90 Å². The van der Waals surface area contributed by atoms with Crippen LogP contribution in [-0.2, 0) is 4.74 Å². The Kier molecular flexibility index (Phi) is 7.35. The van der Waals surface area contributed by atoms with Gasteiger partial charge in [-0.15, -0.1) is 0 Å². The number of ether oxygens (including phenoxy) is 2. The first-order valence-corrected chi connectivity index (χ1v) is 15.0. The summed E-state index contributed by atoms with van der Waals surface area (Å²) < 4.78 is 11.7. The number of carbonyl (C=O) groups excluding carboxylic acids is 1. The van der Waals surface area contributed by atoms with Gasteiger partial charge in [-0.2, -0.15) is 0 Å². The minimum Gasteiger partial charge on any atom is -0.508 e. The van der Waals surface area contributed by atoms with Gasteiger partial charge in [-0.1, -0.05) is 48.5 Å². The van der Waals surface area contributed by atoms with Crippen molar-refractivity contribution in [1.29, 1.82) is 0 Å². The van der Waals surface area contributed by atoms with E-state index in [2.05, 4.69) is 59.5 Å². The van der Waals surface area contributed by atoms with Gasteiger partial charge in [0.05, 0.1) is 6.61 Å². The van der Waals surface area contributed by atoms with E-state index >= 15 is 0 Å². The molecule has 3 aliphatic rings. The number of benzene rings is 3. The summed E-state index contributed by atoms with van der Waals surface area (Å²) in [6.07, 6.45) is 4.24. The standard InChI is InChI=1S/C35H42N2O4/c1-34(2,3)41-33(39)37-21-17-35(18-22-37)15-19-36(20-16-35)27-11-9-26(10-12-27)32-29-14-13-28(38)23-31(29)40-24-30(32)25-7-5-4-6-8-25/h4-14,23,30,32,38H,15-22,24H2,1-3H3/t30-,32-/m1/s1. The predicted octanol–water partition coefficient (Wildman–Crippen LogP) is 7.32. The first kappa shape index (κ1) is 27.5. The molecule has 6 rings (SSSR count). The van der Waals surface area contributed by atoms with Crippen LogP contribution < -0.4 is 9.64 Å². The van der Waals surface area contributed by atoms with Gasteiger partial charge in [0.2, 0.25) is 0 Å². The second-order valence-corrected chi connectivity index (χ2v) is 13.1. The van der Waals surface area contributed by atoms with E-state index in [1.807, 2.05) is 31.7 Å². The highest BCUT2D eigenvalue weighted by atomic mass is 16.6. The Labute approximate surface area is 243 Å². The third kappa shape index (κ3) is 5.88. The molecule has 0 unspecified atom stereocenters. The number of likely N-dealkylation sites (tertiary alicyclic amines) is 1. The summed E-state index contributed by atoms with van der Waals surface area (Å²) in [4.78, 5) is 16.9. The fourth-order valence-corrected chi connectivity index (χ4v) is 6.92. The van der Waals surface area contributed by atoms with Crippen molar-refractivity contribution in [2.75, 3.05) is 37.7 Å². The van der Waals surface area contributed by atoms with E-state index in [9.17, 15) is 9.90 Å². The van der Waals surface area contributed by atoms with E-state index in [4.69, 9.17) is 9.47 Å². The normalized spacial score (nSPS) is 22.1. The lowest BCUT2D eigenvalue weighted by molar-refractivity contribution is 0.00666. The van der Waals surface area contributed by atoms with Gasteiger partial charge in [-0.05, 0) is 81.2 Å². The van der Waals surface area contributed by atoms with Crippen LogP contribution in [0, 0.1) is 5.41 Å². The smallest absolute Gasteiger partial charge is 0.410 e. The van der Waals surface area contributed by atoms with Gasteiger partial charge in [0, 0.05) is 55.3 Å². The Morgan fingerprint density at radius 2 is 1.54 bits per heavy atom. The fourth-order valence-electron chi connectivity index (χ4n) is 6.92. The van der Waals surface area contributed by atoms with Crippen molar-refractivity contribution in [3.8, 4) is 11.5 Å². The summed E-state index contributed by atoms with van der Waals surface area (Å²) in [5.74, 6) is 1.34. The van der Waals surface area contributed by atoms with E-state index < -0.39 is 5.60 Å². The van der Waals surface area contributed by atoms with Crippen LogP contribution >= 0.6 is 0 Å². The average Bonchev–Trinajstić information content (AvgIpc) is 2.97. The van der Waals surface area contributed by atoms with E-state index in [0.717, 1.165) is 63.2 Å². The molecule has 3 aromatic carbocycles. The molecule has 0 radical (unpaired) electrons. The summed E-state index contributed by atoms with van der Waals surface area (Å²) in [7, 11) is 0. The van der Waals surface area contributed by atoms with Crippen molar-refractivity contribution in [3.63, 3.8) is 0 Å². The van der Waals surface area contributed by atoms with Crippen LogP contribution in [0.5, 0.6) is 11.5 Å². The summed E-state index contributed by atoms with van der Waals surface area (Å²) in [6.45, 7) is 10.0. The van der Waals surface area contributed by atoms with E-state index in [1.165, 1.54) is 16.8 Å². The number of hydrogen-bond donors (Lipinski definition) is 1. The summed E-state index contributed by atoms with van der Waals surface area (Å²) in [5.41, 5.74) is 4.79. The lowest BCUT2D eigenvalue weighted by Gasteiger charge is -2.47. The molecule has 41 heavy (non-hydrogen) atoms. The molecule has 0 aromatic heterocycles. The molecule has 0 aliphatic carbocycles. The number of aromatic hydroxyl groups is 1. The van der Waals surface area contributed by atoms with Crippen molar-refractivity contribution in [2.24, 2.45) is 5.41 Å². The molecular weight excluding hydrogens is 512 g/mol. The van der Waals surface area contributed by atoms with Crippen LogP contribution in [0.15, 0.2) is 72.8 Å². The molecule has 2 atom stereocenters. The van der Waals surface area contributed by atoms with E-state index in [-0.39, 0.29) is 23.7 Å². The minimum atomic E-state index is -0.452. The number of phenolic OH excluding ortho intramolecular Hbond substituents is 1. The maximum Gasteiger partial charge on any atom is 0.410 e. The van der Waals surface area contributed by atoms with Crippen LogP contribution in [0.1, 0.15) is 75.0 Å². The third-order valence-corrected chi connectivity index (χ3v) is 9.30. The van der Waals surface area contributed by atoms with Gasteiger partial charge in [0.25, 0.3) is 0 Å². The van der Waals surface area contributed by atoms with Crippen LogP contribution in [0.2, 0.25) is 0 Å². The lowest BCUT2D eigenvalue weighted by Crippen LogP contribution is -2.49. The Hall–Kier alpha value is -3.67. The summed E-state index contributed by atoms with van der Waals surface area (Å²) in [6, 6.07) is 25.2. The zero-order chi connectivity index (χ0) is 28.6. The van der Waals surface area contributed by atoms with Crippen molar-refractivity contribution in [2.45, 2.75) is 63.9 Å². The van der Waals surface area contributed by atoms with Gasteiger partial charge in [-0.3, -0.25) is 0 Å². The SMILES string of the molecule is CC(C)(C)OC(=O)N1CCC2(CC1)CCN(c1ccc([C@@H]3c4ccc(O)cc4OC[C@@H]3c3ccccc3)cc1)CC2. The second-order valence-electron chi connectivity index (χ2n) is 13.1. The second kappa shape index (κ2) is 11.0. The molecule has 2 saturated heterocycles. The Balaban J connectivity index is 1.13. The highest BCUT2D eigenvalue weighted by molar-refractivity contribution is 5.68. The molecule has 3 heterocycles. The largest absolute Gasteiger partial charge is 0.508 e. The number of piperidine rings is 2. The molecule has 1 spiro atoms. The van der Waals surface area contributed by atoms with Crippen molar-refractivity contribution >= 4 is 11.8 Å². The fraction of sp³-hybridized carbons (Fsp3) is 0.457. The van der Waals surface area contributed by atoms with Gasteiger partial charge >= 0.3 is 6.09 Å². The number of phenols is 1. The molecule has 0 bridgehead atoms. The van der Waals surface area contributed by atoms with Gasteiger partial charge < -0.3 is 24.4 Å². The maximum atomic E-state index is 12.5. The van der Waals surface area contributed by atoms with Crippen LogP contribution in [0.25, 0.3) is 0 Å². The first-order valence-electron chi connectivity index (χ1n) is 15.0. The monoisotopic (exact) mass is 554 g/mol. The number of hydrogen-bond acceptors (Lipinski definition) is 5. The van der Waals surface area contributed by atoms with Gasteiger partial charge in [0.1, 0.15) is 17.1 Å². The van der Waals surface area contributed by atoms with Gasteiger partial charge in [-0.25, -0.2) is 4.79 Å². The zero-order valence-corrected chi connectivity index (χ0v) is 24.5. The molecule has 216 valence electrons. The Morgan fingerprint density at radius 1 is 0.878 bits per heavy atom. The predicted molar refractivity (Wildman–Crippen MR) is 162 cm³/mol. The third-order valence-electron chi connectivity index (χ3n) is 9.30. The highest BCUT2D eigenvalue weighted by Gasteiger charge is 2.40. The van der Waals surface area contributed by atoms with Crippen LogP contribution in [0.3, 0.4) is 0 Å². The quantitative estimate of drug-likeness (QED) is 0.368. The Morgan fingerprint density at radius 3 is 2.20 bits per heavy atom. The Bertz CT molecular complexity index is 1350. The van der Waals surface area contributed by atoms with E-state index in [1.54, 1.807) is 12.1 Å². The number of rotatable bonds is 3. The van der Waals surface area contributed by atoms with Crippen molar-refractivity contribution in [3.05, 3.63) is 89.5 Å². The molecule has 3 aliphatic heterocycles. The van der Waals surface area contributed by atoms with Crippen LogP contribution in [-0.4, -0.2) is 54.5 Å². The molecule has 3 aromatic rings. The number of nitrogens with zero attached hydrogens (tertiary/aromatic N) is 2. The summed E-state index contributed by atoms with van der Waals surface area (Å²) in [5, 5.41) is 10.1. The average molecular weight is 555 g/mol. The molecule has 1 amide bonds. The minimum absolute atomic E-state index is 0.149. The number of amides is 1. The maximum absolute atomic E-state index is 12.5. The molecule has 6 nitrogen and oxygen atoms in total. The van der Waals surface area contributed by atoms with Crippen molar-refractivity contribution < 1.29 is 19.4 Å². The lowest BCUT2D eigenvalue weighted by atomic mass is 9.71. The van der Waals surface area contributed by atoms with Crippen LogP contribution in [0.4, 0.5) is 10.5 Å².